The number of rotatable bonds is 11. The van der Waals surface area contributed by atoms with E-state index < -0.39 is 0 Å². The highest BCUT2D eigenvalue weighted by Crippen LogP contribution is 2.13. The van der Waals surface area contributed by atoms with E-state index in [1.54, 1.807) is 6.07 Å². The van der Waals surface area contributed by atoms with Gasteiger partial charge in [0.15, 0.2) is 0 Å². The zero-order valence-corrected chi connectivity index (χ0v) is 18.1. The number of nitrogens with zero attached hydrogens (tertiary/aromatic N) is 3. The summed E-state index contributed by atoms with van der Waals surface area (Å²) in [6, 6.07) is 12.8. The number of carbonyl (C=O) groups excluding carboxylic acids is 1. The number of nitrogens with one attached hydrogen (secondary N) is 1. The molecule has 0 atom stereocenters. The predicted octanol–water partition coefficient (Wildman–Crippen LogP) is 3.03. The van der Waals surface area contributed by atoms with Gasteiger partial charge in [0, 0.05) is 31.3 Å². The predicted molar refractivity (Wildman–Crippen MR) is 118 cm³/mol. The molecule has 0 fully saturated rings. The summed E-state index contributed by atoms with van der Waals surface area (Å²) >= 11 is 0. The second-order valence-electron chi connectivity index (χ2n) is 8.33. The molecule has 6 nitrogen and oxygen atoms in total. The van der Waals surface area contributed by atoms with Crippen LogP contribution in [0.3, 0.4) is 0 Å². The Morgan fingerprint density at radius 1 is 1.03 bits per heavy atom. The van der Waals surface area contributed by atoms with Crippen LogP contribution < -0.4 is 10.9 Å². The van der Waals surface area contributed by atoms with Gasteiger partial charge in [0.25, 0.3) is 5.56 Å². The fourth-order valence-electron chi connectivity index (χ4n) is 3.34. The topological polar surface area (TPSA) is 67.2 Å². The number of carbonyl (C=O) groups is 1. The summed E-state index contributed by atoms with van der Waals surface area (Å²) in [5.41, 5.74) is 1.31. The highest BCUT2D eigenvalue weighted by Gasteiger charge is 2.11. The van der Waals surface area contributed by atoms with Crippen LogP contribution in [0.4, 0.5) is 0 Å². The molecule has 1 N–H and O–H groups in total. The van der Waals surface area contributed by atoms with Crippen molar-refractivity contribution in [2.75, 3.05) is 26.2 Å². The Labute approximate surface area is 173 Å². The average molecular weight is 399 g/mol. The fraction of sp³-hybridized carbons (Fsp3) is 0.522. The molecule has 6 heteroatoms. The summed E-state index contributed by atoms with van der Waals surface area (Å²) in [7, 11) is 0. The van der Waals surface area contributed by atoms with Crippen molar-refractivity contribution in [1.82, 2.24) is 20.0 Å². The van der Waals surface area contributed by atoms with E-state index in [9.17, 15) is 9.59 Å². The van der Waals surface area contributed by atoms with E-state index in [1.165, 1.54) is 10.7 Å². The molecule has 1 heterocycles. The molecule has 158 valence electrons. The van der Waals surface area contributed by atoms with E-state index in [1.807, 2.05) is 30.3 Å². The van der Waals surface area contributed by atoms with E-state index in [0.29, 0.717) is 24.1 Å². The molecule has 0 radical (unpaired) electrons. The molecule has 0 saturated heterocycles. The van der Waals surface area contributed by atoms with Gasteiger partial charge in [-0.2, -0.15) is 5.10 Å². The third-order valence-electron chi connectivity index (χ3n) is 4.45. The van der Waals surface area contributed by atoms with Gasteiger partial charge in [0.1, 0.15) is 6.54 Å². The summed E-state index contributed by atoms with van der Waals surface area (Å²) in [4.78, 5) is 26.8. The van der Waals surface area contributed by atoms with Crippen molar-refractivity contribution in [2.45, 2.75) is 40.7 Å². The first kappa shape index (κ1) is 22.8. The number of benzene rings is 1. The number of amides is 1. The van der Waals surface area contributed by atoms with Crippen LogP contribution in [0.2, 0.25) is 0 Å². The number of hydrogen-bond acceptors (Lipinski definition) is 4. The van der Waals surface area contributed by atoms with Gasteiger partial charge in [-0.1, -0.05) is 58.0 Å². The minimum absolute atomic E-state index is 0.0682. The molecule has 2 rings (SSSR count). The smallest absolute Gasteiger partial charge is 0.267 e. The van der Waals surface area contributed by atoms with Crippen molar-refractivity contribution < 1.29 is 4.79 Å². The van der Waals surface area contributed by atoms with E-state index in [4.69, 9.17) is 0 Å². The zero-order chi connectivity index (χ0) is 21.2. The van der Waals surface area contributed by atoms with Crippen LogP contribution in [-0.2, 0) is 11.3 Å². The maximum atomic E-state index is 12.3. The van der Waals surface area contributed by atoms with Crippen molar-refractivity contribution >= 4 is 5.91 Å². The lowest BCUT2D eigenvalue weighted by Gasteiger charge is -2.26. The molecule has 0 spiro atoms. The zero-order valence-electron chi connectivity index (χ0n) is 18.1. The highest BCUT2D eigenvalue weighted by atomic mass is 16.2. The molecule has 1 aromatic carbocycles. The van der Waals surface area contributed by atoms with E-state index in [-0.39, 0.29) is 18.0 Å². The Balaban J connectivity index is 1.85. The third kappa shape index (κ3) is 8.20. The average Bonchev–Trinajstić information content (AvgIpc) is 2.66. The number of hydrogen-bond donors (Lipinski definition) is 1. The summed E-state index contributed by atoms with van der Waals surface area (Å²) in [5, 5.41) is 7.25. The van der Waals surface area contributed by atoms with Gasteiger partial charge in [-0.25, -0.2) is 4.68 Å². The lowest BCUT2D eigenvalue weighted by molar-refractivity contribution is -0.121. The van der Waals surface area contributed by atoms with Crippen molar-refractivity contribution in [2.24, 2.45) is 11.8 Å². The van der Waals surface area contributed by atoms with Gasteiger partial charge >= 0.3 is 0 Å². The van der Waals surface area contributed by atoms with Crippen LogP contribution in [-0.4, -0.2) is 46.8 Å². The van der Waals surface area contributed by atoms with Crippen LogP contribution in [0.25, 0.3) is 11.3 Å². The Bertz CT molecular complexity index is 805. The first-order valence-electron chi connectivity index (χ1n) is 10.5. The van der Waals surface area contributed by atoms with Crippen LogP contribution >= 0.6 is 0 Å². The lowest BCUT2D eigenvalue weighted by atomic mass is 10.1. The van der Waals surface area contributed by atoms with Crippen LogP contribution in [0.5, 0.6) is 0 Å². The monoisotopic (exact) mass is 398 g/mol. The molecule has 0 aliphatic rings. The summed E-state index contributed by atoms with van der Waals surface area (Å²) in [5.74, 6) is 1.06. The normalized spacial score (nSPS) is 11.4. The van der Waals surface area contributed by atoms with Crippen molar-refractivity contribution in [1.29, 1.82) is 0 Å². The van der Waals surface area contributed by atoms with Crippen LogP contribution in [0.15, 0.2) is 47.3 Å². The molecular formula is C23H34N4O2. The van der Waals surface area contributed by atoms with Gasteiger partial charge in [-0.15, -0.1) is 0 Å². The molecule has 29 heavy (non-hydrogen) atoms. The van der Waals surface area contributed by atoms with Gasteiger partial charge in [-0.3, -0.25) is 9.59 Å². The summed E-state index contributed by atoms with van der Waals surface area (Å²) in [6.07, 6.45) is 0.886. The quantitative estimate of drug-likeness (QED) is 0.591. The minimum atomic E-state index is -0.278. The molecule has 1 aromatic heterocycles. The Morgan fingerprint density at radius 3 is 2.31 bits per heavy atom. The molecule has 2 aromatic rings. The standard InChI is InChI=1S/C23H34N4O2/c1-18(2)15-26(16-19(3)4)14-8-13-24-22(28)17-27-23(29)12-11-21(25-27)20-9-6-5-7-10-20/h5-7,9-12,18-19H,8,13-17H2,1-4H3,(H,24,28). The molecule has 0 aliphatic heterocycles. The van der Waals surface area contributed by atoms with Crippen molar-refractivity contribution in [3.8, 4) is 11.3 Å². The SMILES string of the molecule is CC(C)CN(CCCNC(=O)Cn1nc(-c2ccccc2)ccc1=O)CC(C)C. The van der Waals surface area contributed by atoms with Gasteiger partial charge < -0.3 is 10.2 Å². The lowest BCUT2D eigenvalue weighted by Crippen LogP contribution is -2.36. The third-order valence-corrected chi connectivity index (χ3v) is 4.45. The Kier molecular flexibility index (Phi) is 9.06. The van der Waals surface area contributed by atoms with Gasteiger partial charge in [-0.05, 0) is 30.9 Å². The van der Waals surface area contributed by atoms with E-state index in [2.05, 4.69) is 43.0 Å². The first-order valence-corrected chi connectivity index (χ1v) is 10.5. The van der Waals surface area contributed by atoms with Gasteiger partial charge in [0.05, 0.1) is 5.69 Å². The minimum Gasteiger partial charge on any atom is -0.354 e. The maximum Gasteiger partial charge on any atom is 0.267 e. The number of aromatic nitrogens is 2. The summed E-state index contributed by atoms with van der Waals surface area (Å²) in [6.45, 7) is 12.5. The van der Waals surface area contributed by atoms with Gasteiger partial charge in [0.2, 0.25) is 5.91 Å². The maximum absolute atomic E-state index is 12.3. The van der Waals surface area contributed by atoms with Crippen LogP contribution in [0, 0.1) is 11.8 Å². The molecule has 0 aliphatic carbocycles. The Hall–Kier alpha value is -2.47. The van der Waals surface area contributed by atoms with E-state index >= 15 is 0 Å². The first-order chi connectivity index (χ1) is 13.8. The molecule has 0 saturated carbocycles. The second kappa shape index (κ2) is 11.5. The molecule has 1 amide bonds. The van der Waals surface area contributed by atoms with Crippen molar-refractivity contribution in [3.63, 3.8) is 0 Å². The van der Waals surface area contributed by atoms with Crippen molar-refractivity contribution in [3.05, 3.63) is 52.8 Å². The van der Waals surface area contributed by atoms with Crippen LogP contribution in [0.1, 0.15) is 34.1 Å². The largest absolute Gasteiger partial charge is 0.354 e. The molecule has 0 unspecified atom stereocenters. The second-order valence-corrected chi connectivity index (χ2v) is 8.33. The van der Waals surface area contributed by atoms with E-state index in [0.717, 1.165) is 31.6 Å². The molecular weight excluding hydrogens is 364 g/mol. The summed E-state index contributed by atoms with van der Waals surface area (Å²) < 4.78 is 1.22. The molecule has 0 bridgehead atoms. The Morgan fingerprint density at radius 2 is 1.69 bits per heavy atom. The fourth-order valence-corrected chi connectivity index (χ4v) is 3.34. The highest BCUT2D eigenvalue weighted by molar-refractivity contribution is 5.75.